The lowest BCUT2D eigenvalue weighted by Gasteiger charge is -2.32. The zero-order valence-corrected chi connectivity index (χ0v) is 15.2. The number of piperidine rings is 1. The van der Waals surface area contributed by atoms with Crippen LogP contribution in [-0.4, -0.2) is 50.0 Å². The van der Waals surface area contributed by atoms with Gasteiger partial charge in [-0.25, -0.2) is 4.68 Å². The zero-order valence-electron chi connectivity index (χ0n) is 15.2. The number of aromatic nitrogens is 4. The summed E-state index contributed by atoms with van der Waals surface area (Å²) in [4.78, 5) is 14.5. The van der Waals surface area contributed by atoms with E-state index in [2.05, 4.69) is 15.3 Å². The molecule has 1 saturated heterocycles. The lowest BCUT2D eigenvalue weighted by atomic mass is 10.1. The van der Waals surface area contributed by atoms with Gasteiger partial charge in [0.15, 0.2) is 5.82 Å². The van der Waals surface area contributed by atoms with Crippen molar-refractivity contribution in [1.82, 2.24) is 24.9 Å². The maximum atomic E-state index is 12.6. The van der Waals surface area contributed by atoms with E-state index >= 15 is 0 Å². The molecule has 0 radical (unpaired) electrons. The van der Waals surface area contributed by atoms with Gasteiger partial charge < -0.3 is 9.64 Å². The fraction of sp³-hybridized carbons (Fsp3) is 0.300. The quantitative estimate of drug-likeness (QED) is 0.712. The second-order valence-electron chi connectivity index (χ2n) is 6.66. The summed E-state index contributed by atoms with van der Waals surface area (Å²) in [5, 5.41) is 12.4. The number of rotatable bonds is 4. The van der Waals surface area contributed by atoms with Gasteiger partial charge in [0.25, 0.3) is 5.91 Å². The molecule has 0 spiro atoms. The fourth-order valence-corrected chi connectivity index (χ4v) is 3.21. The third-order valence-corrected chi connectivity index (χ3v) is 4.65. The Morgan fingerprint density at radius 2 is 1.96 bits per heavy atom. The minimum atomic E-state index is 0.0383. The van der Waals surface area contributed by atoms with Crippen LogP contribution >= 0.6 is 0 Å². The first-order chi connectivity index (χ1) is 13.2. The molecule has 0 N–H and O–H groups in total. The molecule has 1 aliphatic rings. The number of carbonyl (C=O) groups is 1. The first kappa shape index (κ1) is 17.2. The van der Waals surface area contributed by atoms with Gasteiger partial charge in [0.2, 0.25) is 5.88 Å². The predicted octanol–water partition coefficient (Wildman–Crippen LogP) is 2.65. The van der Waals surface area contributed by atoms with E-state index in [9.17, 15) is 4.79 Å². The van der Waals surface area contributed by atoms with E-state index in [1.54, 1.807) is 16.9 Å². The molecule has 0 atom stereocenters. The van der Waals surface area contributed by atoms with Crippen LogP contribution in [0.15, 0.2) is 54.9 Å². The molecule has 1 aromatic carbocycles. The first-order valence-corrected chi connectivity index (χ1v) is 9.05. The summed E-state index contributed by atoms with van der Waals surface area (Å²) in [6, 6.07) is 13.2. The Kier molecular flexibility index (Phi) is 4.82. The van der Waals surface area contributed by atoms with Gasteiger partial charge in [0.1, 0.15) is 6.10 Å². The van der Waals surface area contributed by atoms with Crippen LogP contribution in [0.3, 0.4) is 0 Å². The molecular weight excluding hydrogens is 342 g/mol. The maximum absolute atomic E-state index is 12.6. The van der Waals surface area contributed by atoms with Crippen molar-refractivity contribution in [2.24, 2.45) is 0 Å². The number of carbonyl (C=O) groups excluding carboxylic acids is 1. The van der Waals surface area contributed by atoms with E-state index in [0.29, 0.717) is 24.8 Å². The standard InChI is InChI=1S/C20H21N5O2/c1-15-4-2-5-16(14-15)20(26)24-12-8-17(9-13-24)27-19-7-6-18(22-23-19)25-11-3-10-21-25/h2-7,10-11,14,17H,8-9,12-13H2,1H3. The topological polar surface area (TPSA) is 73.1 Å². The second-order valence-corrected chi connectivity index (χ2v) is 6.66. The Labute approximate surface area is 157 Å². The maximum Gasteiger partial charge on any atom is 0.253 e. The van der Waals surface area contributed by atoms with Crippen molar-refractivity contribution in [3.8, 4) is 11.7 Å². The molecule has 0 bridgehead atoms. The van der Waals surface area contributed by atoms with Crippen molar-refractivity contribution in [3.63, 3.8) is 0 Å². The van der Waals surface area contributed by atoms with Crippen LogP contribution in [0.1, 0.15) is 28.8 Å². The normalized spacial score (nSPS) is 14.9. The van der Waals surface area contributed by atoms with Crippen LogP contribution in [0.25, 0.3) is 5.82 Å². The van der Waals surface area contributed by atoms with E-state index in [1.807, 2.05) is 54.4 Å². The number of aryl methyl sites for hydroxylation is 1. The number of nitrogens with zero attached hydrogens (tertiary/aromatic N) is 5. The lowest BCUT2D eigenvalue weighted by Crippen LogP contribution is -2.41. The predicted molar refractivity (Wildman–Crippen MR) is 99.9 cm³/mol. The molecular formula is C20H21N5O2. The highest BCUT2D eigenvalue weighted by molar-refractivity contribution is 5.94. The Morgan fingerprint density at radius 3 is 2.63 bits per heavy atom. The summed E-state index contributed by atoms with van der Waals surface area (Å²) in [7, 11) is 0. The van der Waals surface area contributed by atoms with E-state index < -0.39 is 0 Å². The van der Waals surface area contributed by atoms with E-state index in [4.69, 9.17) is 4.74 Å². The minimum Gasteiger partial charge on any atom is -0.473 e. The van der Waals surface area contributed by atoms with E-state index in [-0.39, 0.29) is 12.0 Å². The van der Waals surface area contributed by atoms with Crippen molar-refractivity contribution in [2.75, 3.05) is 13.1 Å². The van der Waals surface area contributed by atoms with Gasteiger partial charge in [-0.3, -0.25) is 4.79 Å². The molecule has 1 amide bonds. The number of hydrogen-bond acceptors (Lipinski definition) is 5. The molecule has 7 heteroatoms. The van der Waals surface area contributed by atoms with Crippen LogP contribution in [0.2, 0.25) is 0 Å². The summed E-state index contributed by atoms with van der Waals surface area (Å²) in [6.07, 6.45) is 5.10. The summed E-state index contributed by atoms with van der Waals surface area (Å²) >= 11 is 0. The number of hydrogen-bond donors (Lipinski definition) is 0. The van der Waals surface area contributed by atoms with Gasteiger partial charge in [-0.05, 0) is 31.2 Å². The summed E-state index contributed by atoms with van der Waals surface area (Å²) < 4.78 is 7.58. The lowest BCUT2D eigenvalue weighted by molar-refractivity contribution is 0.0586. The summed E-state index contributed by atoms with van der Waals surface area (Å²) in [5.41, 5.74) is 1.84. The molecule has 1 aliphatic heterocycles. The van der Waals surface area contributed by atoms with E-state index in [1.165, 1.54) is 0 Å². The molecule has 0 saturated carbocycles. The van der Waals surface area contributed by atoms with Gasteiger partial charge in [-0.15, -0.1) is 10.2 Å². The number of likely N-dealkylation sites (tertiary alicyclic amines) is 1. The third kappa shape index (κ3) is 3.97. The highest BCUT2D eigenvalue weighted by atomic mass is 16.5. The molecule has 2 aromatic heterocycles. The van der Waals surface area contributed by atoms with E-state index in [0.717, 1.165) is 24.0 Å². The van der Waals surface area contributed by atoms with Crippen LogP contribution < -0.4 is 4.74 Å². The number of amides is 1. The van der Waals surface area contributed by atoms with Crippen LogP contribution in [0.5, 0.6) is 5.88 Å². The second kappa shape index (κ2) is 7.57. The van der Waals surface area contributed by atoms with Crippen molar-refractivity contribution < 1.29 is 9.53 Å². The van der Waals surface area contributed by atoms with Crippen molar-refractivity contribution in [2.45, 2.75) is 25.9 Å². The summed E-state index contributed by atoms with van der Waals surface area (Å²) in [5.74, 6) is 1.22. The average molecular weight is 363 g/mol. The van der Waals surface area contributed by atoms with Crippen LogP contribution in [0.4, 0.5) is 0 Å². The average Bonchev–Trinajstić information content (AvgIpc) is 3.23. The molecule has 1 fully saturated rings. The molecule has 0 aliphatic carbocycles. The molecule has 138 valence electrons. The van der Waals surface area contributed by atoms with Gasteiger partial charge in [-0.1, -0.05) is 17.7 Å². The number of benzene rings is 1. The smallest absolute Gasteiger partial charge is 0.253 e. The van der Waals surface area contributed by atoms with Gasteiger partial charge in [-0.2, -0.15) is 5.10 Å². The molecule has 0 unspecified atom stereocenters. The summed E-state index contributed by atoms with van der Waals surface area (Å²) in [6.45, 7) is 3.35. The van der Waals surface area contributed by atoms with Crippen LogP contribution in [0, 0.1) is 6.92 Å². The Hall–Kier alpha value is -3.22. The Balaban J connectivity index is 1.32. The fourth-order valence-electron chi connectivity index (χ4n) is 3.21. The minimum absolute atomic E-state index is 0.0383. The first-order valence-electron chi connectivity index (χ1n) is 9.05. The molecule has 4 rings (SSSR count). The van der Waals surface area contributed by atoms with Crippen molar-refractivity contribution >= 4 is 5.91 Å². The van der Waals surface area contributed by atoms with Gasteiger partial charge >= 0.3 is 0 Å². The third-order valence-electron chi connectivity index (χ3n) is 4.65. The zero-order chi connectivity index (χ0) is 18.6. The SMILES string of the molecule is Cc1cccc(C(=O)N2CCC(Oc3ccc(-n4cccn4)nn3)CC2)c1. The highest BCUT2D eigenvalue weighted by Gasteiger charge is 2.25. The van der Waals surface area contributed by atoms with Crippen molar-refractivity contribution in [1.29, 1.82) is 0 Å². The van der Waals surface area contributed by atoms with Crippen LogP contribution in [-0.2, 0) is 0 Å². The molecule has 3 heterocycles. The van der Waals surface area contributed by atoms with Crippen molar-refractivity contribution in [3.05, 3.63) is 66.0 Å². The Bertz CT molecular complexity index is 900. The largest absolute Gasteiger partial charge is 0.473 e. The Morgan fingerprint density at radius 1 is 1.11 bits per heavy atom. The number of ether oxygens (including phenoxy) is 1. The van der Waals surface area contributed by atoms with Gasteiger partial charge in [0.05, 0.1) is 0 Å². The monoisotopic (exact) mass is 363 g/mol. The molecule has 7 nitrogen and oxygen atoms in total. The molecule has 3 aromatic rings. The van der Waals surface area contributed by atoms with Gasteiger partial charge in [0, 0.05) is 50.0 Å². The molecule has 27 heavy (non-hydrogen) atoms. The highest BCUT2D eigenvalue weighted by Crippen LogP contribution is 2.19.